The van der Waals surface area contributed by atoms with Crippen LogP contribution < -0.4 is 4.74 Å². The number of rotatable bonds is 9. The summed E-state index contributed by atoms with van der Waals surface area (Å²) < 4.78 is 32.2. The van der Waals surface area contributed by atoms with Gasteiger partial charge >= 0.3 is 0 Å². The lowest BCUT2D eigenvalue weighted by molar-refractivity contribution is 0.250. The van der Waals surface area contributed by atoms with Crippen LogP contribution in [0, 0.1) is 0 Å². The van der Waals surface area contributed by atoms with Crippen LogP contribution in [0.2, 0.25) is 0 Å². The standard InChI is InChI=1S/C18H22O4S/c1-23(19,20)22-15-7-14-21-18-11-6-5-10-17(18)13-12-16-8-3-2-4-9-16/h2-6,8-11H,7,12-15H2,1H3. The van der Waals surface area contributed by atoms with Crippen LogP contribution in [0.1, 0.15) is 17.5 Å². The van der Waals surface area contributed by atoms with E-state index in [0.29, 0.717) is 13.0 Å². The Morgan fingerprint density at radius 3 is 2.30 bits per heavy atom. The Bertz CT molecular complexity index is 696. The van der Waals surface area contributed by atoms with E-state index in [-0.39, 0.29) is 6.61 Å². The largest absolute Gasteiger partial charge is 0.493 e. The molecular formula is C18H22O4S. The fourth-order valence-corrected chi connectivity index (χ4v) is 2.65. The number of para-hydroxylation sites is 1. The first kappa shape index (κ1) is 17.5. The zero-order valence-electron chi connectivity index (χ0n) is 13.3. The third-order valence-electron chi connectivity index (χ3n) is 3.34. The van der Waals surface area contributed by atoms with E-state index in [1.165, 1.54) is 5.56 Å². The second-order valence-corrected chi connectivity index (χ2v) is 6.97. The van der Waals surface area contributed by atoms with E-state index in [1.54, 1.807) is 0 Å². The van der Waals surface area contributed by atoms with Crippen molar-refractivity contribution < 1.29 is 17.3 Å². The Balaban J connectivity index is 1.83. The molecule has 0 N–H and O–H groups in total. The number of ether oxygens (including phenoxy) is 1. The van der Waals surface area contributed by atoms with E-state index in [0.717, 1.165) is 30.4 Å². The summed E-state index contributed by atoms with van der Waals surface area (Å²) in [5, 5.41) is 0. The molecule has 23 heavy (non-hydrogen) atoms. The molecule has 0 saturated carbocycles. The molecule has 2 aromatic carbocycles. The summed E-state index contributed by atoms with van der Waals surface area (Å²) in [4.78, 5) is 0. The third kappa shape index (κ3) is 6.84. The van der Waals surface area contributed by atoms with Gasteiger partial charge in [-0.1, -0.05) is 48.5 Å². The average Bonchev–Trinajstić information content (AvgIpc) is 2.53. The Morgan fingerprint density at radius 1 is 0.870 bits per heavy atom. The highest BCUT2D eigenvalue weighted by Crippen LogP contribution is 2.20. The molecule has 4 nitrogen and oxygen atoms in total. The molecule has 5 heteroatoms. The number of benzene rings is 2. The van der Waals surface area contributed by atoms with Crippen molar-refractivity contribution in [2.45, 2.75) is 19.3 Å². The summed E-state index contributed by atoms with van der Waals surface area (Å²) in [5.41, 5.74) is 2.45. The molecule has 0 bridgehead atoms. The lowest BCUT2D eigenvalue weighted by Crippen LogP contribution is -2.08. The van der Waals surface area contributed by atoms with Gasteiger partial charge in [0.1, 0.15) is 5.75 Å². The second-order valence-electron chi connectivity index (χ2n) is 5.32. The fourth-order valence-electron chi connectivity index (χ4n) is 2.23. The van der Waals surface area contributed by atoms with Crippen molar-refractivity contribution in [3.8, 4) is 5.75 Å². The molecule has 0 aliphatic heterocycles. The molecule has 0 aliphatic rings. The first-order valence-electron chi connectivity index (χ1n) is 7.63. The summed E-state index contributed by atoms with van der Waals surface area (Å²) in [6.07, 6.45) is 3.44. The molecule has 0 atom stereocenters. The van der Waals surface area contributed by atoms with Gasteiger partial charge in [-0.25, -0.2) is 0 Å². The quantitative estimate of drug-likeness (QED) is 0.522. The topological polar surface area (TPSA) is 52.6 Å². The molecule has 0 heterocycles. The highest BCUT2D eigenvalue weighted by molar-refractivity contribution is 7.85. The van der Waals surface area contributed by atoms with Gasteiger partial charge in [0.05, 0.1) is 19.5 Å². The maximum absolute atomic E-state index is 10.9. The van der Waals surface area contributed by atoms with E-state index in [4.69, 9.17) is 8.92 Å². The molecule has 2 aromatic rings. The van der Waals surface area contributed by atoms with Crippen LogP contribution in [-0.2, 0) is 27.1 Å². The smallest absolute Gasteiger partial charge is 0.264 e. The van der Waals surface area contributed by atoms with Gasteiger partial charge in [-0.15, -0.1) is 0 Å². The molecule has 0 fully saturated rings. The van der Waals surface area contributed by atoms with Gasteiger partial charge in [0.2, 0.25) is 0 Å². The van der Waals surface area contributed by atoms with Gasteiger partial charge in [-0.05, 0) is 30.0 Å². The third-order valence-corrected chi connectivity index (χ3v) is 3.94. The predicted octanol–water partition coefficient (Wildman–Crippen LogP) is 3.22. The van der Waals surface area contributed by atoms with E-state index in [9.17, 15) is 8.42 Å². The molecule has 0 radical (unpaired) electrons. The Morgan fingerprint density at radius 2 is 1.57 bits per heavy atom. The van der Waals surface area contributed by atoms with Crippen LogP contribution in [-0.4, -0.2) is 27.9 Å². The monoisotopic (exact) mass is 334 g/mol. The van der Waals surface area contributed by atoms with Crippen molar-refractivity contribution in [3.05, 3.63) is 65.7 Å². The van der Waals surface area contributed by atoms with Crippen molar-refractivity contribution >= 4 is 10.1 Å². The lowest BCUT2D eigenvalue weighted by atomic mass is 10.0. The van der Waals surface area contributed by atoms with Crippen molar-refractivity contribution in [3.63, 3.8) is 0 Å². The minimum absolute atomic E-state index is 0.144. The molecule has 124 valence electrons. The molecular weight excluding hydrogens is 312 g/mol. The summed E-state index contributed by atoms with van der Waals surface area (Å²) in [6, 6.07) is 18.3. The summed E-state index contributed by atoms with van der Waals surface area (Å²) in [7, 11) is -3.37. The molecule has 0 amide bonds. The van der Waals surface area contributed by atoms with Crippen molar-refractivity contribution in [2.24, 2.45) is 0 Å². The van der Waals surface area contributed by atoms with Gasteiger partial charge in [0.15, 0.2) is 0 Å². The van der Waals surface area contributed by atoms with Crippen molar-refractivity contribution in [1.29, 1.82) is 0 Å². The Kier molecular flexibility index (Phi) is 6.62. The average molecular weight is 334 g/mol. The molecule has 0 aromatic heterocycles. The molecule has 0 unspecified atom stereocenters. The number of hydrogen-bond acceptors (Lipinski definition) is 4. The first-order chi connectivity index (χ1) is 11.0. The second kappa shape index (κ2) is 8.70. The Labute approximate surface area is 138 Å². The zero-order valence-corrected chi connectivity index (χ0v) is 14.1. The van der Waals surface area contributed by atoms with Crippen LogP contribution in [0.3, 0.4) is 0 Å². The molecule has 2 rings (SSSR count). The van der Waals surface area contributed by atoms with Crippen LogP contribution in [0.15, 0.2) is 54.6 Å². The van der Waals surface area contributed by atoms with Gasteiger partial charge < -0.3 is 4.74 Å². The van der Waals surface area contributed by atoms with E-state index < -0.39 is 10.1 Å². The summed E-state index contributed by atoms with van der Waals surface area (Å²) >= 11 is 0. The highest BCUT2D eigenvalue weighted by atomic mass is 32.2. The normalized spacial score (nSPS) is 11.3. The van der Waals surface area contributed by atoms with Gasteiger partial charge in [0.25, 0.3) is 10.1 Å². The van der Waals surface area contributed by atoms with Crippen LogP contribution in [0.4, 0.5) is 0 Å². The fraction of sp³-hybridized carbons (Fsp3) is 0.333. The van der Waals surface area contributed by atoms with E-state index in [2.05, 4.69) is 18.2 Å². The minimum atomic E-state index is -3.37. The van der Waals surface area contributed by atoms with Gasteiger partial charge in [0, 0.05) is 6.42 Å². The van der Waals surface area contributed by atoms with Crippen LogP contribution in [0.5, 0.6) is 5.75 Å². The highest BCUT2D eigenvalue weighted by Gasteiger charge is 2.05. The van der Waals surface area contributed by atoms with Crippen molar-refractivity contribution in [1.82, 2.24) is 0 Å². The first-order valence-corrected chi connectivity index (χ1v) is 9.45. The number of aryl methyl sites for hydroxylation is 2. The molecule has 0 saturated heterocycles. The van der Waals surface area contributed by atoms with Gasteiger partial charge in [-0.2, -0.15) is 8.42 Å². The Hall–Kier alpha value is -1.85. The maximum Gasteiger partial charge on any atom is 0.264 e. The molecule has 0 spiro atoms. The number of hydrogen-bond donors (Lipinski definition) is 0. The lowest BCUT2D eigenvalue weighted by Gasteiger charge is -2.11. The summed E-state index contributed by atoms with van der Waals surface area (Å²) in [5.74, 6) is 0.850. The minimum Gasteiger partial charge on any atom is -0.493 e. The SMILES string of the molecule is CS(=O)(=O)OCCCOc1ccccc1CCc1ccccc1. The van der Waals surface area contributed by atoms with Crippen molar-refractivity contribution in [2.75, 3.05) is 19.5 Å². The zero-order chi connectivity index (χ0) is 16.5. The van der Waals surface area contributed by atoms with Gasteiger partial charge in [-0.3, -0.25) is 4.18 Å². The van der Waals surface area contributed by atoms with E-state index in [1.807, 2.05) is 36.4 Å². The van der Waals surface area contributed by atoms with Crippen LogP contribution >= 0.6 is 0 Å². The van der Waals surface area contributed by atoms with Crippen LogP contribution in [0.25, 0.3) is 0 Å². The maximum atomic E-state index is 10.9. The summed E-state index contributed by atoms with van der Waals surface area (Å²) in [6.45, 7) is 0.572. The predicted molar refractivity (Wildman–Crippen MR) is 91.2 cm³/mol. The molecule has 0 aliphatic carbocycles. The van der Waals surface area contributed by atoms with E-state index >= 15 is 0 Å².